The first-order valence-corrected chi connectivity index (χ1v) is 16.3. The molecule has 8 aliphatic rings. The Morgan fingerprint density at radius 1 is 1.05 bits per heavy atom. The Morgan fingerprint density at radius 3 is 2.63 bits per heavy atom. The van der Waals surface area contributed by atoms with Crippen LogP contribution in [-0.2, 0) is 39.9 Å². The highest BCUT2D eigenvalue weighted by atomic mass is 16.8. The molecule has 0 radical (unpaired) electrons. The van der Waals surface area contributed by atoms with Gasteiger partial charge in [-0.1, -0.05) is 36.4 Å². The van der Waals surface area contributed by atoms with E-state index in [1.54, 1.807) is 5.06 Å². The van der Waals surface area contributed by atoms with Crippen LogP contribution in [0.5, 0.6) is 0 Å². The summed E-state index contributed by atoms with van der Waals surface area (Å²) < 4.78 is 25.4. The van der Waals surface area contributed by atoms with Crippen molar-refractivity contribution in [3.8, 4) is 0 Å². The number of nitrogens with zero attached hydrogens (tertiary/aromatic N) is 1. The molecule has 10 nitrogen and oxygen atoms in total. The van der Waals surface area contributed by atoms with E-state index < -0.39 is 47.6 Å². The number of rotatable bonds is 9. The molecule has 4 heterocycles. The largest absolute Gasteiger partial charge is 0.458 e. The van der Waals surface area contributed by atoms with E-state index in [2.05, 4.69) is 29.6 Å². The smallest absolute Gasteiger partial charge is 0.327 e. The summed E-state index contributed by atoms with van der Waals surface area (Å²) in [6.45, 7) is 0.221. The number of carbonyl (C=O) groups is 2. The van der Waals surface area contributed by atoms with Gasteiger partial charge in [-0.25, -0.2) is 0 Å². The van der Waals surface area contributed by atoms with Gasteiger partial charge in [0.2, 0.25) is 5.91 Å². The zero-order chi connectivity index (χ0) is 28.9. The maximum atomic E-state index is 14.0. The van der Waals surface area contributed by atoms with E-state index in [4.69, 9.17) is 23.8 Å². The molecular weight excluding hydrogens is 552 g/mol. The van der Waals surface area contributed by atoms with Gasteiger partial charge in [-0.05, 0) is 62.0 Å². The monoisotopic (exact) mass is 592 g/mol. The van der Waals surface area contributed by atoms with Crippen molar-refractivity contribution < 1.29 is 38.5 Å². The van der Waals surface area contributed by atoms with E-state index in [-0.39, 0.29) is 19.1 Å². The fourth-order valence-corrected chi connectivity index (χ4v) is 8.83. The van der Waals surface area contributed by atoms with Crippen molar-refractivity contribution >= 4 is 18.0 Å². The Kier molecular flexibility index (Phi) is 6.17. The summed E-state index contributed by atoms with van der Waals surface area (Å²) in [6, 6.07) is 7.30. The van der Waals surface area contributed by atoms with Gasteiger partial charge in [0, 0.05) is 24.8 Å². The van der Waals surface area contributed by atoms with Crippen LogP contribution in [-0.4, -0.2) is 83.7 Å². The van der Waals surface area contributed by atoms with Crippen LogP contribution >= 0.6 is 0 Å². The minimum Gasteiger partial charge on any atom is -0.458 e. The Labute approximate surface area is 250 Å². The second kappa shape index (κ2) is 9.83. The number of benzene rings is 1. The SMILES string of the molecule is O=C1O[C@@H]2C[C@@]3(C(=O)NCCO)[C@H](ON(Cc4cccc(C=CC5CCC6OC6C5)c4)[C@@H]13)[C@H]1OC(C3CC3)(C3CC3)O[C@H]12. The standard InChI is InChI=1S/C33H40N2O8/c36-13-12-34-31(38)32-16-25-26-27(42-33(41-26,21-7-8-21)22-9-10-22)29(32)43-35(28(32)30(37)40-25)17-20-3-1-2-18(14-20)4-5-19-6-11-23-24(15-19)39-23/h1-5,14,19,21-29,36H,6-13,15-17H2,(H,34,38)/t19?,23?,24?,25-,26+,27+,28+,29-,32+/m1/s1. The molecule has 9 atom stereocenters. The van der Waals surface area contributed by atoms with Crippen molar-refractivity contribution in [1.29, 1.82) is 0 Å². The molecule has 0 aromatic heterocycles. The molecule has 9 rings (SSSR count). The van der Waals surface area contributed by atoms with Crippen LogP contribution in [0.4, 0.5) is 0 Å². The molecule has 3 unspecified atom stereocenters. The summed E-state index contributed by atoms with van der Waals surface area (Å²) in [7, 11) is 0. The van der Waals surface area contributed by atoms with Gasteiger partial charge in [0.1, 0.15) is 29.8 Å². The first kappa shape index (κ1) is 27.0. The fraction of sp³-hybridized carbons (Fsp3) is 0.697. The number of ether oxygens (including phenoxy) is 4. The summed E-state index contributed by atoms with van der Waals surface area (Å²) >= 11 is 0. The molecular formula is C33H40N2O8. The highest BCUT2D eigenvalue weighted by Gasteiger charge is 2.78. The quantitative estimate of drug-likeness (QED) is 0.329. The molecule has 0 spiro atoms. The van der Waals surface area contributed by atoms with Gasteiger partial charge >= 0.3 is 5.97 Å². The first-order valence-electron chi connectivity index (χ1n) is 16.3. The Balaban J connectivity index is 1.01. The second-order valence-corrected chi connectivity index (χ2v) is 14.0. The van der Waals surface area contributed by atoms with Crippen molar-refractivity contribution in [3.63, 3.8) is 0 Å². The molecule has 4 aliphatic carbocycles. The number of esters is 1. The maximum Gasteiger partial charge on any atom is 0.327 e. The van der Waals surface area contributed by atoms with Crippen LogP contribution < -0.4 is 5.32 Å². The summed E-state index contributed by atoms with van der Waals surface area (Å²) in [4.78, 5) is 34.4. The van der Waals surface area contributed by atoms with Crippen LogP contribution in [0.3, 0.4) is 0 Å². The van der Waals surface area contributed by atoms with Gasteiger partial charge in [0.15, 0.2) is 11.8 Å². The van der Waals surface area contributed by atoms with Crippen molar-refractivity contribution in [2.45, 2.75) is 106 Å². The minimum atomic E-state index is -1.20. The molecule has 10 heteroatoms. The lowest BCUT2D eigenvalue weighted by Gasteiger charge is -2.48. The van der Waals surface area contributed by atoms with Crippen LogP contribution in [0.2, 0.25) is 0 Å². The number of fused-ring (bicyclic) bond motifs is 5. The highest BCUT2D eigenvalue weighted by molar-refractivity contribution is 5.93. The molecule has 43 heavy (non-hydrogen) atoms. The van der Waals surface area contributed by atoms with Gasteiger partial charge in [-0.15, -0.1) is 0 Å². The maximum absolute atomic E-state index is 14.0. The molecule has 1 amide bonds. The van der Waals surface area contributed by atoms with Crippen molar-refractivity contribution in [1.82, 2.24) is 10.4 Å². The van der Waals surface area contributed by atoms with E-state index >= 15 is 0 Å². The second-order valence-electron chi connectivity index (χ2n) is 14.0. The first-order chi connectivity index (χ1) is 21.0. The minimum absolute atomic E-state index is 0.0994. The van der Waals surface area contributed by atoms with Gasteiger partial charge in [0.05, 0.1) is 25.4 Å². The van der Waals surface area contributed by atoms with Gasteiger partial charge in [-0.2, -0.15) is 5.06 Å². The summed E-state index contributed by atoms with van der Waals surface area (Å²) in [6.07, 6.45) is 11.0. The molecule has 4 aliphatic heterocycles. The molecule has 8 fully saturated rings. The number of aliphatic hydroxyl groups excluding tert-OH is 1. The molecule has 1 aromatic rings. The molecule has 2 N–H and O–H groups in total. The lowest BCUT2D eigenvalue weighted by atomic mass is 9.62. The predicted molar refractivity (Wildman–Crippen MR) is 151 cm³/mol. The van der Waals surface area contributed by atoms with Crippen LogP contribution in [0, 0.1) is 23.2 Å². The molecule has 230 valence electrons. The predicted octanol–water partition coefficient (Wildman–Crippen LogP) is 2.48. The number of hydrogen-bond acceptors (Lipinski definition) is 9. The van der Waals surface area contributed by atoms with Crippen LogP contribution in [0.25, 0.3) is 6.08 Å². The van der Waals surface area contributed by atoms with Gasteiger partial charge in [0.25, 0.3) is 0 Å². The van der Waals surface area contributed by atoms with E-state index in [0.29, 0.717) is 42.9 Å². The number of allylic oxidation sites excluding steroid dienone is 1. The number of amides is 1. The van der Waals surface area contributed by atoms with Crippen molar-refractivity contribution in [2.75, 3.05) is 13.2 Å². The number of hydroxylamine groups is 2. The molecule has 1 aromatic carbocycles. The van der Waals surface area contributed by atoms with E-state index in [9.17, 15) is 14.7 Å². The average molecular weight is 593 g/mol. The number of epoxide rings is 1. The number of hydrogen-bond donors (Lipinski definition) is 2. The van der Waals surface area contributed by atoms with E-state index in [1.165, 1.54) is 0 Å². The molecule has 4 saturated heterocycles. The van der Waals surface area contributed by atoms with Crippen molar-refractivity contribution in [3.05, 3.63) is 41.5 Å². The third kappa shape index (κ3) is 4.28. The fourth-order valence-electron chi connectivity index (χ4n) is 8.83. The van der Waals surface area contributed by atoms with E-state index in [0.717, 1.165) is 56.1 Å². The summed E-state index contributed by atoms with van der Waals surface area (Å²) in [5.41, 5.74) is 0.853. The number of carbonyl (C=O) groups excluding carboxylic acids is 2. The lowest BCUT2D eigenvalue weighted by molar-refractivity contribution is -0.235. The van der Waals surface area contributed by atoms with Gasteiger partial charge in [-0.3, -0.25) is 14.4 Å². The van der Waals surface area contributed by atoms with Crippen molar-refractivity contribution in [2.24, 2.45) is 23.2 Å². The summed E-state index contributed by atoms with van der Waals surface area (Å²) in [5, 5.41) is 14.0. The average Bonchev–Trinajstić information content (AvgIpc) is 3.90. The summed E-state index contributed by atoms with van der Waals surface area (Å²) in [5.74, 6) is -0.264. The third-order valence-electron chi connectivity index (χ3n) is 11.2. The Bertz CT molecular complexity index is 1330. The van der Waals surface area contributed by atoms with E-state index in [1.807, 2.05) is 12.1 Å². The Hall–Kier alpha value is -2.34. The normalized spacial score (nSPS) is 42.4. The van der Waals surface area contributed by atoms with Gasteiger partial charge < -0.3 is 29.4 Å². The van der Waals surface area contributed by atoms with Crippen LogP contribution in [0.15, 0.2) is 30.3 Å². The molecule has 2 bridgehead atoms. The van der Waals surface area contributed by atoms with Crippen LogP contribution in [0.1, 0.15) is 62.5 Å². The Morgan fingerprint density at radius 2 is 1.86 bits per heavy atom. The zero-order valence-corrected chi connectivity index (χ0v) is 24.3. The highest BCUT2D eigenvalue weighted by Crippen LogP contribution is 2.63. The molecule has 4 saturated carbocycles. The third-order valence-corrected chi connectivity index (χ3v) is 11.2. The number of nitrogens with one attached hydrogen (secondary N) is 1. The zero-order valence-electron chi connectivity index (χ0n) is 24.3. The topological polar surface area (TPSA) is 119 Å². The lowest BCUT2D eigenvalue weighted by Crippen LogP contribution is -2.69. The number of aliphatic hydroxyl groups is 1.